The van der Waals surface area contributed by atoms with E-state index in [1.807, 2.05) is 12.1 Å². The molecule has 1 aromatic carbocycles. The Kier molecular flexibility index (Phi) is 3.28. The molecule has 0 radical (unpaired) electrons. The maximum Gasteiger partial charge on any atom is 0.149 e. The lowest BCUT2D eigenvalue weighted by Gasteiger charge is -2.12. The van der Waals surface area contributed by atoms with Crippen LogP contribution in [0.5, 0.6) is 5.75 Å². The molecule has 4 nitrogen and oxygen atoms in total. The Morgan fingerprint density at radius 2 is 2.06 bits per heavy atom. The van der Waals surface area contributed by atoms with Gasteiger partial charge in [0.1, 0.15) is 11.6 Å². The number of nitrogen functional groups attached to an aromatic ring is 1. The monoisotopic (exact) mass is 245 g/mol. The molecular weight excluding hydrogens is 226 g/mol. The summed E-state index contributed by atoms with van der Waals surface area (Å²) in [7, 11) is 1.67. The highest BCUT2D eigenvalue weighted by atomic mass is 16.5. The van der Waals surface area contributed by atoms with Crippen LogP contribution < -0.4 is 10.5 Å². The fourth-order valence-electron chi connectivity index (χ4n) is 2.17. The van der Waals surface area contributed by atoms with Crippen molar-refractivity contribution in [2.24, 2.45) is 0 Å². The van der Waals surface area contributed by atoms with Crippen LogP contribution >= 0.6 is 0 Å². The highest BCUT2D eigenvalue weighted by molar-refractivity contribution is 5.74. The van der Waals surface area contributed by atoms with Crippen molar-refractivity contribution >= 4 is 5.82 Å². The summed E-state index contributed by atoms with van der Waals surface area (Å²) in [5.74, 6) is 1.69. The summed E-state index contributed by atoms with van der Waals surface area (Å²) < 4.78 is 5.41. The van der Waals surface area contributed by atoms with Gasteiger partial charge in [0.15, 0.2) is 0 Å². The van der Waals surface area contributed by atoms with Crippen molar-refractivity contribution in [2.75, 3.05) is 12.8 Å². The number of methoxy groups -OCH3 is 1. The summed E-state index contributed by atoms with van der Waals surface area (Å²) in [6.45, 7) is 6.26. The lowest BCUT2D eigenvalue weighted by molar-refractivity contribution is 0.416. The first-order valence-electron chi connectivity index (χ1n) is 6.03. The van der Waals surface area contributed by atoms with Gasteiger partial charge in [-0.05, 0) is 25.0 Å². The zero-order valence-electron chi connectivity index (χ0n) is 11.2. The largest absolute Gasteiger partial charge is 0.496 e. The molecule has 0 bridgehead atoms. The molecule has 96 valence electrons. The van der Waals surface area contributed by atoms with Crippen molar-refractivity contribution in [3.05, 3.63) is 29.3 Å². The molecule has 0 aliphatic rings. The number of aryl methyl sites for hydroxylation is 1. The highest BCUT2D eigenvalue weighted by Crippen LogP contribution is 2.36. The van der Waals surface area contributed by atoms with Gasteiger partial charge in [-0.1, -0.05) is 25.5 Å². The Bertz CT molecular complexity index is 558. The molecule has 4 heteroatoms. The van der Waals surface area contributed by atoms with Crippen LogP contribution in [0.4, 0.5) is 5.82 Å². The van der Waals surface area contributed by atoms with Gasteiger partial charge in [0.2, 0.25) is 0 Å². The molecule has 1 heterocycles. The smallest absolute Gasteiger partial charge is 0.149 e. The summed E-state index contributed by atoms with van der Waals surface area (Å²) in [6, 6.07) is 6.07. The third kappa shape index (κ3) is 2.06. The van der Waals surface area contributed by atoms with Crippen molar-refractivity contribution in [3.8, 4) is 17.0 Å². The molecule has 18 heavy (non-hydrogen) atoms. The molecule has 0 spiro atoms. The molecule has 0 saturated heterocycles. The molecule has 0 aliphatic heterocycles. The number of hydrogen-bond donors (Lipinski definition) is 2. The van der Waals surface area contributed by atoms with Gasteiger partial charge in [0.05, 0.1) is 12.8 Å². The second-order valence-corrected chi connectivity index (χ2v) is 4.76. The Hall–Kier alpha value is -1.97. The minimum Gasteiger partial charge on any atom is -0.496 e. The van der Waals surface area contributed by atoms with Crippen LogP contribution in [-0.4, -0.2) is 17.3 Å². The number of nitrogens with two attached hydrogens (primary N) is 1. The third-order valence-electron chi connectivity index (χ3n) is 3.04. The van der Waals surface area contributed by atoms with Crippen molar-refractivity contribution in [3.63, 3.8) is 0 Å². The van der Waals surface area contributed by atoms with E-state index in [2.05, 4.69) is 37.0 Å². The minimum absolute atomic E-state index is 0.309. The van der Waals surface area contributed by atoms with E-state index >= 15 is 0 Å². The van der Waals surface area contributed by atoms with Crippen LogP contribution in [0.25, 0.3) is 11.3 Å². The summed E-state index contributed by atoms with van der Waals surface area (Å²) in [6.07, 6.45) is 0. The second-order valence-electron chi connectivity index (χ2n) is 4.76. The molecular formula is C14H19N3O. The topological polar surface area (TPSA) is 63.9 Å². The van der Waals surface area contributed by atoms with Crippen molar-refractivity contribution in [2.45, 2.75) is 26.7 Å². The van der Waals surface area contributed by atoms with Crippen LogP contribution in [0.1, 0.15) is 30.9 Å². The van der Waals surface area contributed by atoms with E-state index in [1.165, 1.54) is 5.56 Å². The molecule has 0 fully saturated rings. The summed E-state index contributed by atoms with van der Waals surface area (Å²) in [5, 5.41) is 7.14. The van der Waals surface area contributed by atoms with E-state index in [4.69, 9.17) is 10.5 Å². The van der Waals surface area contributed by atoms with Gasteiger partial charge in [-0.2, -0.15) is 5.10 Å². The zero-order valence-corrected chi connectivity index (χ0v) is 11.2. The van der Waals surface area contributed by atoms with Crippen molar-refractivity contribution < 1.29 is 4.74 Å². The minimum atomic E-state index is 0.309. The molecule has 0 atom stereocenters. The molecule has 1 aromatic heterocycles. The number of hydrogen-bond acceptors (Lipinski definition) is 3. The van der Waals surface area contributed by atoms with E-state index in [0.29, 0.717) is 11.7 Å². The van der Waals surface area contributed by atoms with Crippen molar-refractivity contribution in [1.29, 1.82) is 0 Å². The number of anilines is 1. The number of benzene rings is 1. The summed E-state index contributed by atoms with van der Waals surface area (Å²) in [5.41, 5.74) is 10.1. The average Bonchev–Trinajstić information content (AvgIpc) is 2.71. The Labute approximate surface area is 107 Å². The van der Waals surface area contributed by atoms with Crippen LogP contribution in [0.15, 0.2) is 18.2 Å². The van der Waals surface area contributed by atoms with Gasteiger partial charge >= 0.3 is 0 Å². The molecule has 3 N–H and O–H groups in total. The van der Waals surface area contributed by atoms with E-state index in [9.17, 15) is 0 Å². The molecule has 0 unspecified atom stereocenters. The normalized spacial score (nSPS) is 10.9. The lowest BCUT2D eigenvalue weighted by atomic mass is 9.97. The highest BCUT2D eigenvalue weighted by Gasteiger charge is 2.18. The predicted molar refractivity (Wildman–Crippen MR) is 73.8 cm³/mol. The van der Waals surface area contributed by atoms with Gasteiger partial charge in [-0.15, -0.1) is 0 Å². The van der Waals surface area contributed by atoms with Gasteiger partial charge in [-0.3, -0.25) is 5.10 Å². The quantitative estimate of drug-likeness (QED) is 0.873. The molecule has 0 amide bonds. The van der Waals surface area contributed by atoms with Gasteiger partial charge in [0.25, 0.3) is 0 Å². The summed E-state index contributed by atoms with van der Waals surface area (Å²) >= 11 is 0. The van der Waals surface area contributed by atoms with E-state index < -0.39 is 0 Å². The molecule has 2 aromatic rings. The predicted octanol–water partition coefficient (Wildman–Crippen LogP) is 3.10. The number of aromatic nitrogens is 2. The van der Waals surface area contributed by atoms with E-state index in [1.54, 1.807) is 7.11 Å². The first kappa shape index (κ1) is 12.5. The third-order valence-corrected chi connectivity index (χ3v) is 3.04. The fourth-order valence-corrected chi connectivity index (χ4v) is 2.17. The Morgan fingerprint density at radius 3 is 2.67 bits per heavy atom. The van der Waals surface area contributed by atoms with Crippen LogP contribution in [-0.2, 0) is 0 Å². The molecule has 2 rings (SSSR count). The van der Waals surface area contributed by atoms with Gasteiger partial charge in [-0.25, -0.2) is 0 Å². The van der Waals surface area contributed by atoms with E-state index in [0.717, 1.165) is 22.6 Å². The average molecular weight is 245 g/mol. The van der Waals surface area contributed by atoms with Crippen LogP contribution in [0, 0.1) is 6.92 Å². The second kappa shape index (κ2) is 4.72. The molecule has 0 aliphatic carbocycles. The first-order chi connectivity index (χ1) is 8.54. The Morgan fingerprint density at radius 1 is 1.33 bits per heavy atom. The number of H-pyrrole nitrogens is 1. The fraction of sp³-hybridized carbons (Fsp3) is 0.357. The zero-order chi connectivity index (χ0) is 13.3. The summed E-state index contributed by atoms with van der Waals surface area (Å²) in [4.78, 5) is 0. The number of rotatable bonds is 3. The van der Waals surface area contributed by atoms with Crippen molar-refractivity contribution in [1.82, 2.24) is 10.2 Å². The molecule has 0 saturated carbocycles. The lowest BCUT2D eigenvalue weighted by Crippen LogP contribution is -1.96. The van der Waals surface area contributed by atoms with Gasteiger partial charge < -0.3 is 10.5 Å². The van der Waals surface area contributed by atoms with Crippen LogP contribution in [0.2, 0.25) is 0 Å². The van der Waals surface area contributed by atoms with Gasteiger partial charge in [0, 0.05) is 11.1 Å². The standard InChI is InChI=1S/C14H19N3O/c1-8(2)12-13(16-17-14(12)15)10-7-9(3)5-6-11(10)18-4/h5-8H,1-4H3,(H3,15,16,17). The number of aromatic amines is 1. The van der Waals surface area contributed by atoms with Crippen LogP contribution in [0.3, 0.4) is 0 Å². The number of nitrogens with one attached hydrogen (secondary N) is 1. The number of nitrogens with zero attached hydrogens (tertiary/aromatic N) is 1. The number of ether oxygens (including phenoxy) is 1. The maximum atomic E-state index is 5.93. The maximum absolute atomic E-state index is 5.93. The van der Waals surface area contributed by atoms with E-state index in [-0.39, 0.29) is 0 Å². The first-order valence-corrected chi connectivity index (χ1v) is 6.03. The Balaban J connectivity index is 2.65. The SMILES string of the molecule is COc1ccc(C)cc1-c1[nH]nc(N)c1C(C)C.